The monoisotopic (exact) mass is 354 g/mol. The summed E-state index contributed by atoms with van der Waals surface area (Å²) in [6, 6.07) is 5.04. The molecule has 3 nitrogen and oxygen atoms in total. The maximum absolute atomic E-state index is 14.3. The lowest BCUT2D eigenvalue weighted by atomic mass is 9.81. The minimum Gasteiger partial charge on any atom is -0.321 e. The lowest BCUT2D eigenvalue weighted by Gasteiger charge is -2.31. The average Bonchev–Trinajstić information content (AvgIpc) is 2.72. The molecule has 0 aromatic heterocycles. The van der Waals surface area contributed by atoms with Crippen LogP contribution in [-0.2, 0) is 4.79 Å². The molecule has 1 aliphatic carbocycles. The van der Waals surface area contributed by atoms with Crippen LogP contribution in [0.5, 0.6) is 0 Å². The second kappa shape index (κ2) is 5.69. The van der Waals surface area contributed by atoms with E-state index in [4.69, 9.17) is 0 Å². The van der Waals surface area contributed by atoms with Gasteiger partial charge >= 0.3 is 0 Å². The number of nitrogens with zero attached hydrogens (tertiary/aromatic N) is 1. The minimum atomic E-state index is -0.474. The molecule has 2 aliphatic rings. The van der Waals surface area contributed by atoms with Crippen LogP contribution in [0.4, 0.5) is 4.39 Å². The highest BCUT2D eigenvalue weighted by Crippen LogP contribution is 2.40. The molecule has 21 heavy (non-hydrogen) atoms. The fraction of sp³-hybridized carbons (Fsp3) is 0.562. The summed E-state index contributed by atoms with van der Waals surface area (Å²) in [4.78, 5) is 14.6. The highest BCUT2D eigenvalue weighted by atomic mass is 79.9. The smallest absolute Gasteiger partial charge is 0.244 e. The van der Waals surface area contributed by atoms with Crippen molar-refractivity contribution in [2.45, 2.75) is 50.7 Å². The fourth-order valence-corrected chi connectivity index (χ4v) is 3.94. The van der Waals surface area contributed by atoms with Gasteiger partial charge in [-0.25, -0.2) is 4.39 Å². The maximum atomic E-state index is 14.3. The topological polar surface area (TPSA) is 32.3 Å². The van der Waals surface area contributed by atoms with Crippen LogP contribution in [-0.4, -0.2) is 22.9 Å². The first-order chi connectivity index (χ1) is 10.1. The Hall–Kier alpha value is -0.940. The number of hydrogen-bond acceptors (Lipinski definition) is 2. The Kier molecular flexibility index (Phi) is 4.06. The third kappa shape index (κ3) is 2.50. The molecule has 1 amide bonds. The Morgan fingerprint density at radius 3 is 2.71 bits per heavy atom. The van der Waals surface area contributed by atoms with Crippen LogP contribution in [0.3, 0.4) is 0 Å². The van der Waals surface area contributed by atoms with Gasteiger partial charge in [-0.1, -0.05) is 41.3 Å². The molecule has 1 aromatic rings. The van der Waals surface area contributed by atoms with E-state index in [9.17, 15) is 9.18 Å². The van der Waals surface area contributed by atoms with Gasteiger partial charge in [0.05, 0.1) is 5.54 Å². The molecule has 1 N–H and O–H groups in total. The summed E-state index contributed by atoms with van der Waals surface area (Å²) in [6.45, 7) is 2.54. The number of carbonyl (C=O) groups excluding carboxylic acids is 1. The standard InChI is InChI=1S/C16H20BrFN2O/c1-2-20-14(12-7-6-11(17)10-13(12)18)19-16(15(20)21)8-4-3-5-9-16/h6-7,10,14,19H,2-5,8-9H2,1H3. The summed E-state index contributed by atoms with van der Waals surface area (Å²) in [5.41, 5.74) is 0.0779. The van der Waals surface area contributed by atoms with E-state index < -0.39 is 5.54 Å². The van der Waals surface area contributed by atoms with Crippen molar-refractivity contribution in [1.29, 1.82) is 0 Å². The SMILES string of the molecule is CCN1C(=O)C2(CCCCC2)NC1c1ccc(Br)cc1F. The third-order valence-electron chi connectivity index (χ3n) is 4.70. The van der Waals surface area contributed by atoms with Gasteiger partial charge in [-0.3, -0.25) is 10.1 Å². The summed E-state index contributed by atoms with van der Waals surface area (Å²) in [5, 5.41) is 3.45. The fourth-order valence-electron chi connectivity index (χ4n) is 3.60. The largest absolute Gasteiger partial charge is 0.321 e. The number of rotatable bonds is 2. The van der Waals surface area contributed by atoms with Gasteiger partial charge in [0.15, 0.2) is 0 Å². The zero-order valence-electron chi connectivity index (χ0n) is 12.2. The van der Waals surface area contributed by atoms with E-state index in [0.29, 0.717) is 16.6 Å². The number of likely N-dealkylation sites (N-methyl/N-ethyl adjacent to an activating group) is 1. The third-order valence-corrected chi connectivity index (χ3v) is 5.19. The maximum Gasteiger partial charge on any atom is 0.244 e. The summed E-state index contributed by atoms with van der Waals surface area (Å²) in [6.07, 6.45) is 4.67. The zero-order chi connectivity index (χ0) is 15.0. The van der Waals surface area contributed by atoms with Gasteiger partial charge in [-0.15, -0.1) is 0 Å². The molecular weight excluding hydrogens is 335 g/mol. The van der Waals surface area contributed by atoms with Crippen LogP contribution in [0, 0.1) is 5.82 Å². The summed E-state index contributed by atoms with van der Waals surface area (Å²) < 4.78 is 15.0. The van der Waals surface area contributed by atoms with Crippen LogP contribution >= 0.6 is 15.9 Å². The number of benzene rings is 1. The zero-order valence-corrected chi connectivity index (χ0v) is 13.7. The molecule has 1 spiro atoms. The normalized spacial score (nSPS) is 24.8. The highest BCUT2D eigenvalue weighted by Gasteiger charge is 2.51. The van der Waals surface area contributed by atoms with E-state index >= 15 is 0 Å². The van der Waals surface area contributed by atoms with Crippen molar-refractivity contribution in [2.75, 3.05) is 6.54 Å². The molecule has 114 valence electrons. The van der Waals surface area contributed by atoms with Crippen molar-refractivity contribution in [3.8, 4) is 0 Å². The highest BCUT2D eigenvalue weighted by molar-refractivity contribution is 9.10. The van der Waals surface area contributed by atoms with Crippen LogP contribution in [0.15, 0.2) is 22.7 Å². The Morgan fingerprint density at radius 2 is 2.10 bits per heavy atom. The molecular formula is C16H20BrFN2O. The number of halogens is 2. The molecule has 1 aliphatic heterocycles. The molecule has 1 atom stereocenters. The van der Waals surface area contributed by atoms with Gasteiger partial charge in [0.1, 0.15) is 12.0 Å². The molecule has 5 heteroatoms. The van der Waals surface area contributed by atoms with Crippen molar-refractivity contribution < 1.29 is 9.18 Å². The summed E-state index contributed by atoms with van der Waals surface area (Å²) >= 11 is 3.28. The van der Waals surface area contributed by atoms with E-state index in [0.717, 1.165) is 25.7 Å². The number of carbonyl (C=O) groups is 1. The predicted molar refractivity (Wildman–Crippen MR) is 83.2 cm³/mol. The van der Waals surface area contributed by atoms with Crippen molar-refractivity contribution >= 4 is 21.8 Å². The average molecular weight is 355 g/mol. The van der Waals surface area contributed by atoms with Gasteiger partial charge < -0.3 is 4.90 Å². The van der Waals surface area contributed by atoms with E-state index in [-0.39, 0.29) is 17.9 Å². The molecule has 2 fully saturated rings. The Balaban J connectivity index is 1.96. The molecule has 3 rings (SSSR count). The molecule has 1 saturated heterocycles. The summed E-state index contributed by atoms with van der Waals surface area (Å²) in [5.74, 6) is -0.141. The van der Waals surface area contributed by atoms with Gasteiger partial charge in [0.2, 0.25) is 5.91 Å². The number of hydrogen-bond donors (Lipinski definition) is 1. The van der Waals surface area contributed by atoms with E-state index in [1.54, 1.807) is 11.0 Å². The molecule has 1 aromatic carbocycles. The van der Waals surface area contributed by atoms with Crippen LogP contribution in [0.1, 0.15) is 50.8 Å². The van der Waals surface area contributed by atoms with E-state index in [1.807, 2.05) is 13.0 Å². The molecule has 1 unspecified atom stereocenters. The van der Waals surface area contributed by atoms with E-state index in [2.05, 4.69) is 21.2 Å². The van der Waals surface area contributed by atoms with Crippen molar-refractivity contribution in [2.24, 2.45) is 0 Å². The molecule has 1 saturated carbocycles. The van der Waals surface area contributed by atoms with Crippen LogP contribution in [0.25, 0.3) is 0 Å². The van der Waals surface area contributed by atoms with Gasteiger partial charge in [0, 0.05) is 16.6 Å². The Labute approximate surface area is 133 Å². The van der Waals surface area contributed by atoms with Gasteiger partial charge in [0.25, 0.3) is 0 Å². The summed E-state index contributed by atoms with van der Waals surface area (Å²) in [7, 11) is 0. The first-order valence-electron chi connectivity index (χ1n) is 7.61. The lowest BCUT2D eigenvalue weighted by molar-refractivity contribution is -0.134. The van der Waals surface area contributed by atoms with Crippen LogP contribution < -0.4 is 5.32 Å². The van der Waals surface area contributed by atoms with Gasteiger partial charge in [-0.2, -0.15) is 0 Å². The molecule has 0 radical (unpaired) electrons. The first-order valence-corrected chi connectivity index (χ1v) is 8.40. The van der Waals surface area contributed by atoms with Gasteiger partial charge in [-0.05, 0) is 31.9 Å². The second-order valence-electron chi connectivity index (χ2n) is 5.95. The number of amides is 1. The quantitative estimate of drug-likeness (QED) is 0.877. The Morgan fingerprint density at radius 1 is 1.38 bits per heavy atom. The van der Waals surface area contributed by atoms with Crippen LogP contribution in [0.2, 0.25) is 0 Å². The number of nitrogens with one attached hydrogen (secondary N) is 1. The van der Waals surface area contributed by atoms with Crippen molar-refractivity contribution in [3.05, 3.63) is 34.1 Å². The molecule has 1 heterocycles. The first kappa shape index (κ1) is 15.0. The second-order valence-corrected chi connectivity index (χ2v) is 6.86. The Bertz CT molecular complexity index is 557. The molecule has 0 bridgehead atoms. The minimum absolute atomic E-state index is 0.136. The van der Waals surface area contributed by atoms with Crippen molar-refractivity contribution in [1.82, 2.24) is 10.2 Å². The van der Waals surface area contributed by atoms with E-state index in [1.165, 1.54) is 12.5 Å². The van der Waals surface area contributed by atoms with Crippen molar-refractivity contribution in [3.63, 3.8) is 0 Å². The lowest BCUT2D eigenvalue weighted by Crippen LogP contribution is -2.48. The predicted octanol–water partition coefficient (Wildman–Crippen LogP) is 3.74.